The summed E-state index contributed by atoms with van der Waals surface area (Å²) >= 11 is 0. The second kappa shape index (κ2) is 7.46. The molecule has 0 aromatic heterocycles. The molecule has 0 bridgehead atoms. The highest BCUT2D eigenvalue weighted by atomic mass is 16.3. The van der Waals surface area contributed by atoms with Crippen molar-refractivity contribution in [2.45, 2.75) is 51.6 Å². The smallest absolute Gasteiger partial charge is 0.315 e. The van der Waals surface area contributed by atoms with Crippen LogP contribution in [-0.4, -0.2) is 23.8 Å². The Bertz CT molecular complexity index is 476. The monoisotopic (exact) mass is 290 g/mol. The van der Waals surface area contributed by atoms with Crippen LogP contribution < -0.4 is 10.6 Å². The Labute approximate surface area is 126 Å². The Balaban J connectivity index is 2.03. The van der Waals surface area contributed by atoms with E-state index in [1.807, 2.05) is 13.0 Å². The topological polar surface area (TPSA) is 61.4 Å². The van der Waals surface area contributed by atoms with Gasteiger partial charge in [0, 0.05) is 12.6 Å². The van der Waals surface area contributed by atoms with Crippen LogP contribution in [0.5, 0.6) is 0 Å². The molecular formula is C17H26N2O2. The Kier molecular flexibility index (Phi) is 5.62. The maximum absolute atomic E-state index is 12.2. The van der Waals surface area contributed by atoms with Crippen molar-refractivity contribution in [1.29, 1.82) is 0 Å². The zero-order valence-corrected chi connectivity index (χ0v) is 12.9. The highest BCUT2D eigenvalue weighted by Crippen LogP contribution is 2.33. The van der Waals surface area contributed by atoms with E-state index in [4.69, 9.17) is 5.11 Å². The Morgan fingerprint density at radius 2 is 2.19 bits per heavy atom. The minimum absolute atomic E-state index is 0.0316. The Hall–Kier alpha value is -1.55. The number of aliphatic hydroxyl groups is 1. The molecule has 2 amide bonds. The van der Waals surface area contributed by atoms with E-state index in [9.17, 15) is 4.79 Å². The molecule has 0 fully saturated rings. The van der Waals surface area contributed by atoms with Crippen molar-refractivity contribution in [3.05, 3.63) is 35.4 Å². The number of benzene rings is 1. The summed E-state index contributed by atoms with van der Waals surface area (Å²) in [6.07, 6.45) is 3.60. The molecule has 1 aliphatic carbocycles. The summed E-state index contributed by atoms with van der Waals surface area (Å²) in [5.74, 6) is 0.434. The predicted octanol–water partition coefficient (Wildman–Crippen LogP) is 2.77. The van der Waals surface area contributed by atoms with Gasteiger partial charge in [0.1, 0.15) is 0 Å². The van der Waals surface area contributed by atoms with Gasteiger partial charge in [0.2, 0.25) is 0 Å². The summed E-state index contributed by atoms with van der Waals surface area (Å²) in [6, 6.07) is 8.31. The maximum Gasteiger partial charge on any atom is 0.315 e. The van der Waals surface area contributed by atoms with E-state index in [1.54, 1.807) is 0 Å². The molecule has 21 heavy (non-hydrogen) atoms. The lowest BCUT2D eigenvalue weighted by Gasteiger charge is -2.32. The molecule has 4 heteroatoms. The zero-order valence-electron chi connectivity index (χ0n) is 12.9. The van der Waals surface area contributed by atoms with Gasteiger partial charge in [0.05, 0.1) is 6.04 Å². The number of amides is 2. The van der Waals surface area contributed by atoms with Crippen molar-refractivity contribution in [3.63, 3.8) is 0 Å². The van der Waals surface area contributed by atoms with Gasteiger partial charge in [0.25, 0.3) is 0 Å². The van der Waals surface area contributed by atoms with Gasteiger partial charge in [-0.25, -0.2) is 4.79 Å². The molecule has 1 aliphatic rings. The van der Waals surface area contributed by atoms with Crippen molar-refractivity contribution >= 4 is 6.03 Å². The molecule has 116 valence electrons. The van der Waals surface area contributed by atoms with E-state index in [0.717, 1.165) is 19.3 Å². The first-order chi connectivity index (χ1) is 10.2. The zero-order chi connectivity index (χ0) is 15.2. The number of aliphatic hydroxyl groups excluding tert-OH is 1. The highest BCUT2D eigenvalue weighted by molar-refractivity contribution is 5.75. The van der Waals surface area contributed by atoms with E-state index >= 15 is 0 Å². The van der Waals surface area contributed by atoms with Crippen LogP contribution in [0.25, 0.3) is 0 Å². The first kappa shape index (κ1) is 15.8. The first-order valence-electron chi connectivity index (χ1n) is 7.91. The second-order valence-corrected chi connectivity index (χ2v) is 5.93. The highest BCUT2D eigenvalue weighted by Gasteiger charge is 2.27. The van der Waals surface area contributed by atoms with Crippen molar-refractivity contribution in [1.82, 2.24) is 10.6 Å². The van der Waals surface area contributed by atoms with Crippen molar-refractivity contribution in [2.75, 3.05) is 6.61 Å². The summed E-state index contributed by atoms with van der Waals surface area (Å²) in [5, 5.41) is 15.1. The number of hydrogen-bond donors (Lipinski definition) is 3. The molecule has 0 spiro atoms. The molecule has 1 aromatic rings. The lowest BCUT2D eigenvalue weighted by atomic mass is 9.81. The summed E-state index contributed by atoms with van der Waals surface area (Å²) in [5.41, 5.74) is 2.57. The molecule has 0 saturated heterocycles. The number of rotatable bonds is 5. The lowest BCUT2D eigenvalue weighted by molar-refractivity contribution is 0.218. The third kappa shape index (κ3) is 3.97. The number of carbonyl (C=O) groups excluding carboxylic acids is 1. The summed E-state index contributed by atoms with van der Waals surface area (Å²) in [6.45, 7) is 4.30. The average molecular weight is 290 g/mol. The molecule has 4 nitrogen and oxygen atoms in total. The Morgan fingerprint density at radius 1 is 1.43 bits per heavy atom. The van der Waals surface area contributed by atoms with Crippen LogP contribution in [-0.2, 0) is 6.42 Å². The number of fused-ring (bicyclic) bond motifs is 1. The standard InChI is InChI=1S/C17H26N2O2/c1-3-14(10-11-20)18-17(21)19-16-12(2)8-9-13-6-4-5-7-15(13)16/h4-7,12,14,16,20H,3,8-11H2,1-2H3,(H2,18,19,21). The summed E-state index contributed by atoms with van der Waals surface area (Å²) in [4.78, 5) is 12.2. The molecular weight excluding hydrogens is 264 g/mol. The van der Waals surface area contributed by atoms with Crippen LogP contribution in [0.15, 0.2) is 24.3 Å². The van der Waals surface area contributed by atoms with Gasteiger partial charge in [-0.3, -0.25) is 0 Å². The fraction of sp³-hybridized carbons (Fsp3) is 0.588. The van der Waals surface area contributed by atoms with Crippen LogP contribution in [0.3, 0.4) is 0 Å². The lowest BCUT2D eigenvalue weighted by Crippen LogP contribution is -2.45. The fourth-order valence-electron chi connectivity index (χ4n) is 3.04. The summed E-state index contributed by atoms with van der Waals surface area (Å²) in [7, 11) is 0. The van der Waals surface area contributed by atoms with Gasteiger partial charge in [0.15, 0.2) is 0 Å². The summed E-state index contributed by atoms with van der Waals surface area (Å²) < 4.78 is 0. The molecule has 2 rings (SSSR count). The number of hydrogen-bond acceptors (Lipinski definition) is 2. The molecule has 0 aliphatic heterocycles. The van der Waals surface area contributed by atoms with Gasteiger partial charge >= 0.3 is 6.03 Å². The molecule has 0 radical (unpaired) electrons. The number of nitrogens with one attached hydrogen (secondary N) is 2. The number of carbonyl (C=O) groups is 1. The van der Waals surface area contributed by atoms with Crippen LogP contribution in [0.4, 0.5) is 4.79 Å². The van der Waals surface area contributed by atoms with Gasteiger partial charge in [-0.15, -0.1) is 0 Å². The fourth-order valence-corrected chi connectivity index (χ4v) is 3.04. The van der Waals surface area contributed by atoms with Crippen LogP contribution >= 0.6 is 0 Å². The van der Waals surface area contributed by atoms with Gasteiger partial charge < -0.3 is 15.7 Å². The van der Waals surface area contributed by atoms with Gasteiger partial charge in [-0.05, 0) is 42.7 Å². The predicted molar refractivity (Wildman–Crippen MR) is 84.1 cm³/mol. The molecule has 0 heterocycles. The minimum Gasteiger partial charge on any atom is -0.396 e. The van der Waals surface area contributed by atoms with Gasteiger partial charge in [-0.1, -0.05) is 38.1 Å². The maximum atomic E-state index is 12.2. The molecule has 3 atom stereocenters. The second-order valence-electron chi connectivity index (χ2n) is 5.93. The molecule has 1 aromatic carbocycles. The van der Waals surface area contributed by atoms with Gasteiger partial charge in [-0.2, -0.15) is 0 Å². The molecule has 3 unspecified atom stereocenters. The van der Waals surface area contributed by atoms with E-state index in [1.165, 1.54) is 11.1 Å². The van der Waals surface area contributed by atoms with Crippen LogP contribution in [0.2, 0.25) is 0 Å². The van der Waals surface area contributed by atoms with E-state index in [2.05, 4.69) is 35.8 Å². The molecule has 0 saturated carbocycles. The minimum atomic E-state index is -0.135. The van der Waals surface area contributed by atoms with E-state index in [0.29, 0.717) is 12.3 Å². The average Bonchev–Trinajstić information content (AvgIpc) is 2.49. The van der Waals surface area contributed by atoms with Crippen molar-refractivity contribution < 1.29 is 9.90 Å². The van der Waals surface area contributed by atoms with Crippen LogP contribution in [0, 0.1) is 5.92 Å². The number of aryl methyl sites for hydroxylation is 1. The third-order valence-corrected chi connectivity index (χ3v) is 4.42. The number of urea groups is 1. The first-order valence-corrected chi connectivity index (χ1v) is 7.91. The Morgan fingerprint density at radius 3 is 2.90 bits per heavy atom. The van der Waals surface area contributed by atoms with E-state index < -0.39 is 0 Å². The van der Waals surface area contributed by atoms with Crippen molar-refractivity contribution in [3.8, 4) is 0 Å². The molecule has 3 N–H and O–H groups in total. The largest absolute Gasteiger partial charge is 0.396 e. The third-order valence-electron chi connectivity index (χ3n) is 4.42. The normalized spacial score (nSPS) is 22.2. The van der Waals surface area contributed by atoms with E-state index in [-0.39, 0.29) is 24.7 Å². The van der Waals surface area contributed by atoms with Crippen molar-refractivity contribution in [2.24, 2.45) is 5.92 Å². The SMILES string of the molecule is CCC(CCO)NC(=O)NC1c2ccccc2CCC1C. The van der Waals surface area contributed by atoms with Crippen LogP contribution in [0.1, 0.15) is 50.3 Å². The quantitative estimate of drug-likeness (QED) is 0.781.